The molecular weight excluding hydrogens is 445 g/mol. The molecule has 0 aliphatic carbocycles. The van der Waals surface area contributed by atoms with E-state index < -0.39 is 51.1 Å². The Balaban J connectivity index is 1.94. The number of aromatic nitrogens is 3. The molecule has 2 heterocycles. The van der Waals surface area contributed by atoms with E-state index in [1.54, 1.807) is 30.3 Å². The number of halogens is 3. The molecular formula is C21H13F3N4O5. The van der Waals surface area contributed by atoms with Crippen LogP contribution in [0.25, 0.3) is 34.1 Å². The van der Waals surface area contributed by atoms with Crippen molar-refractivity contribution in [3.63, 3.8) is 0 Å². The third-order valence-electron chi connectivity index (χ3n) is 4.66. The zero-order valence-corrected chi connectivity index (χ0v) is 16.7. The number of nitro benzene ring substituents is 1. The van der Waals surface area contributed by atoms with Gasteiger partial charge in [-0.1, -0.05) is 35.5 Å². The van der Waals surface area contributed by atoms with E-state index in [1.807, 2.05) is 0 Å². The quantitative estimate of drug-likeness (QED) is 0.245. The van der Waals surface area contributed by atoms with Crippen LogP contribution in [0.5, 0.6) is 11.5 Å². The van der Waals surface area contributed by atoms with Gasteiger partial charge < -0.3 is 14.7 Å². The van der Waals surface area contributed by atoms with Crippen LogP contribution < -0.4 is 0 Å². The maximum absolute atomic E-state index is 13.9. The number of phenols is 2. The number of phenolic OH excluding ortho intramolecular Hbond substituents is 2. The van der Waals surface area contributed by atoms with Crippen LogP contribution in [0, 0.1) is 17.0 Å². The van der Waals surface area contributed by atoms with Crippen molar-refractivity contribution in [1.82, 2.24) is 15.1 Å². The summed E-state index contributed by atoms with van der Waals surface area (Å²) < 4.78 is 46.8. The molecule has 0 fully saturated rings. The van der Waals surface area contributed by atoms with Gasteiger partial charge in [0.25, 0.3) is 5.89 Å². The number of aromatic hydroxyl groups is 2. The lowest BCUT2D eigenvalue weighted by Crippen LogP contribution is -2.11. The SMILES string of the molecule is Cc1cc(C(F)(F)F)c(-c2noc(-c3cc(O)c(O)c([N+](=O)[O-])c3)n2)c(-c2ccccc2)n1. The molecule has 2 aromatic heterocycles. The number of hydrogen-bond donors (Lipinski definition) is 2. The van der Waals surface area contributed by atoms with Crippen LogP contribution in [0.1, 0.15) is 11.3 Å². The Morgan fingerprint density at radius 1 is 1.03 bits per heavy atom. The summed E-state index contributed by atoms with van der Waals surface area (Å²) in [6, 6.07) is 10.7. The highest BCUT2D eigenvalue weighted by atomic mass is 19.4. The predicted molar refractivity (Wildman–Crippen MR) is 108 cm³/mol. The molecule has 4 rings (SSSR count). The van der Waals surface area contributed by atoms with Crippen molar-refractivity contribution in [3.05, 3.63) is 69.9 Å². The van der Waals surface area contributed by atoms with Gasteiger partial charge in [-0.15, -0.1) is 0 Å². The maximum atomic E-state index is 13.9. The lowest BCUT2D eigenvalue weighted by atomic mass is 9.99. The van der Waals surface area contributed by atoms with E-state index in [-0.39, 0.29) is 17.0 Å². The Morgan fingerprint density at radius 3 is 2.36 bits per heavy atom. The third kappa shape index (κ3) is 4.05. The van der Waals surface area contributed by atoms with E-state index in [4.69, 9.17) is 4.52 Å². The molecule has 0 aliphatic rings. The number of pyridine rings is 1. The van der Waals surface area contributed by atoms with Crippen molar-refractivity contribution < 1.29 is 32.8 Å². The molecule has 12 heteroatoms. The van der Waals surface area contributed by atoms with Crippen LogP contribution in [0.3, 0.4) is 0 Å². The first-order valence-corrected chi connectivity index (χ1v) is 9.25. The Bertz CT molecular complexity index is 1370. The van der Waals surface area contributed by atoms with Crippen LogP contribution >= 0.6 is 0 Å². The fourth-order valence-electron chi connectivity index (χ4n) is 3.24. The van der Waals surface area contributed by atoms with Crippen LogP contribution in [0.15, 0.2) is 53.1 Å². The van der Waals surface area contributed by atoms with Gasteiger partial charge in [-0.05, 0) is 19.1 Å². The van der Waals surface area contributed by atoms with E-state index >= 15 is 0 Å². The summed E-state index contributed by atoms with van der Waals surface area (Å²) in [5, 5.41) is 34.2. The minimum atomic E-state index is -4.77. The number of hydrogen-bond acceptors (Lipinski definition) is 8. The molecule has 0 radical (unpaired) electrons. The molecule has 9 nitrogen and oxygen atoms in total. The van der Waals surface area contributed by atoms with Gasteiger partial charge in [0.05, 0.1) is 27.3 Å². The van der Waals surface area contributed by atoms with Crippen molar-refractivity contribution in [1.29, 1.82) is 0 Å². The minimum absolute atomic E-state index is 0.0326. The lowest BCUT2D eigenvalue weighted by molar-refractivity contribution is -0.385. The monoisotopic (exact) mass is 458 g/mol. The molecule has 168 valence electrons. The average molecular weight is 458 g/mol. The van der Waals surface area contributed by atoms with Gasteiger partial charge in [0.15, 0.2) is 5.75 Å². The van der Waals surface area contributed by atoms with E-state index in [0.717, 1.165) is 18.2 Å². The van der Waals surface area contributed by atoms with Gasteiger partial charge in [-0.2, -0.15) is 18.2 Å². The van der Waals surface area contributed by atoms with E-state index in [2.05, 4.69) is 15.1 Å². The highest BCUT2D eigenvalue weighted by Gasteiger charge is 2.37. The van der Waals surface area contributed by atoms with Crippen molar-refractivity contribution >= 4 is 5.69 Å². The molecule has 0 amide bonds. The summed E-state index contributed by atoms with van der Waals surface area (Å²) >= 11 is 0. The second-order valence-corrected chi connectivity index (χ2v) is 6.94. The minimum Gasteiger partial charge on any atom is -0.504 e. The summed E-state index contributed by atoms with van der Waals surface area (Å²) in [5.41, 5.74) is -2.03. The van der Waals surface area contributed by atoms with Crippen LogP contribution in [-0.4, -0.2) is 30.3 Å². The Kier molecular flexibility index (Phi) is 5.20. The van der Waals surface area contributed by atoms with Gasteiger partial charge in [0.2, 0.25) is 11.6 Å². The molecule has 0 atom stereocenters. The Morgan fingerprint density at radius 2 is 1.73 bits per heavy atom. The molecule has 0 unspecified atom stereocenters. The number of alkyl halides is 3. The molecule has 0 saturated heterocycles. The van der Waals surface area contributed by atoms with Crippen LogP contribution in [0.2, 0.25) is 0 Å². The molecule has 2 aromatic carbocycles. The largest absolute Gasteiger partial charge is 0.504 e. The van der Waals surface area contributed by atoms with Crippen LogP contribution in [0.4, 0.5) is 18.9 Å². The first-order chi connectivity index (χ1) is 15.6. The van der Waals surface area contributed by atoms with Crippen molar-refractivity contribution in [2.75, 3.05) is 0 Å². The average Bonchev–Trinajstić information content (AvgIpc) is 3.24. The van der Waals surface area contributed by atoms with Crippen molar-refractivity contribution in [2.24, 2.45) is 0 Å². The first kappa shape index (κ1) is 21.7. The summed E-state index contributed by atoms with van der Waals surface area (Å²) in [5.74, 6) is -2.68. The van der Waals surface area contributed by atoms with E-state index in [9.17, 15) is 33.5 Å². The van der Waals surface area contributed by atoms with Crippen LogP contribution in [-0.2, 0) is 6.18 Å². The molecule has 4 aromatic rings. The topological polar surface area (TPSA) is 135 Å². The molecule has 2 N–H and O–H groups in total. The highest BCUT2D eigenvalue weighted by Crippen LogP contribution is 2.43. The predicted octanol–water partition coefficient (Wildman–Crippen LogP) is 5.11. The smallest absolute Gasteiger partial charge is 0.417 e. The number of nitro groups is 1. The number of nitrogens with zero attached hydrogens (tertiary/aromatic N) is 4. The maximum Gasteiger partial charge on any atom is 0.417 e. The lowest BCUT2D eigenvalue weighted by Gasteiger charge is -2.15. The summed E-state index contributed by atoms with van der Waals surface area (Å²) in [7, 11) is 0. The van der Waals surface area contributed by atoms with Crippen molar-refractivity contribution in [3.8, 4) is 45.6 Å². The van der Waals surface area contributed by atoms with Crippen molar-refractivity contribution in [2.45, 2.75) is 13.1 Å². The summed E-state index contributed by atoms with van der Waals surface area (Å²) in [6.45, 7) is 1.42. The fourth-order valence-corrected chi connectivity index (χ4v) is 3.24. The molecule has 0 spiro atoms. The second kappa shape index (κ2) is 7.89. The van der Waals surface area contributed by atoms with E-state index in [0.29, 0.717) is 5.56 Å². The third-order valence-corrected chi connectivity index (χ3v) is 4.66. The Labute approximate surface area is 182 Å². The molecule has 33 heavy (non-hydrogen) atoms. The van der Waals surface area contributed by atoms with Gasteiger partial charge in [-0.25, -0.2) is 0 Å². The molecule has 0 aliphatic heterocycles. The normalized spacial score (nSPS) is 11.5. The van der Waals surface area contributed by atoms with Gasteiger partial charge in [0.1, 0.15) is 0 Å². The summed E-state index contributed by atoms with van der Waals surface area (Å²) in [6.07, 6.45) is -4.77. The van der Waals surface area contributed by atoms with E-state index in [1.165, 1.54) is 6.92 Å². The van der Waals surface area contributed by atoms with Gasteiger partial charge in [-0.3, -0.25) is 15.1 Å². The zero-order chi connectivity index (χ0) is 23.9. The Hall–Kier alpha value is -4.48. The standard InChI is InChI=1S/C21H13F3N4O5/c1-10-7-13(21(22,23)24)16(17(25-10)11-5-3-2-4-6-11)19-26-20(33-27-19)12-8-14(28(31)32)18(30)15(29)9-12/h2-9,29-30H,1H3. The number of rotatable bonds is 4. The number of benzene rings is 2. The summed E-state index contributed by atoms with van der Waals surface area (Å²) in [4.78, 5) is 18.4. The number of aryl methyl sites for hydroxylation is 1. The fraction of sp³-hybridized carbons (Fsp3) is 0.0952. The zero-order valence-electron chi connectivity index (χ0n) is 16.7. The molecule has 0 saturated carbocycles. The first-order valence-electron chi connectivity index (χ1n) is 9.25. The second-order valence-electron chi connectivity index (χ2n) is 6.94. The molecule has 0 bridgehead atoms. The highest BCUT2D eigenvalue weighted by molar-refractivity contribution is 5.81. The van der Waals surface area contributed by atoms with Gasteiger partial charge in [0, 0.05) is 17.3 Å². The van der Waals surface area contributed by atoms with Gasteiger partial charge >= 0.3 is 11.9 Å².